The van der Waals surface area contributed by atoms with Gasteiger partial charge in [-0.1, -0.05) is 155 Å². The molecule has 2 heteroatoms. The zero-order valence-electron chi connectivity index (χ0n) is 33.9. The average Bonchev–Trinajstić information content (AvgIpc) is 3.24. The topological polar surface area (TPSA) is 12.5 Å². The summed E-state index contributed by atoms with van der Waals surface area (Å²) < 4.78 is 7.36. The number of benzene rings is 8. The van der Waals surface area contributed by atoms with Crippen LogP contribution >= 0.6 is 0 Å². The van der Waals surface area contributed by atoms with Gasteiger partial charge in [0, 0.05) is 10.8 Å². The Labute approximate surface area is 342 Å². The van der Waals surface area contributed by atoms with Crippen LogP contribution in [0, 0.1) is 13.8 Å². The normalized spacial score (nSPS) is 14.8. The monoisotopic (exact) mass is 747 g/mol. The molecule has 0 N–H and O–H groups in total. The lowest BCUT2D eigenvalue weighted by atomic mass is 9.64. The SMILES string of the molecule is Cc1ccccc1-c1cc2c3c(c1)C(C)(C)c1cc(-c4ccccc4C)cc4c1N3c1c(cc(-c3c(-c5ccccc5)cccc3-c3ccccc3)cc1C4(C)C)O2. The summed E-state index contributed by atoms with van der Waals surface area (Å²) >= 11 is 0. The first-order valence-electron chi connectivity index (χ1n) is 20.5. The Morgan fingerprint density at radius 2 is 0.741 bits per heavy atom. The molecule has 8 aromatic carbocycles. The molecule has 8 aromatic rings. The summed E-state index contributed by atoms with van der Waals surface area (Å²) in [5.74, 6) is 1.79. The molecule has 0 radical (unpaired) electrons. The van der Waals surface area contributed by atoms with Crippen molar-refractivity contribution in [2.24, 2.45) is 0 Å². The molecule has 0 fully saturated rings. The highest BCUT2D eigenvalue weighted by Crippen LogP contribution is 2.68. The van der Waals surface area contributed by atoms with Crippen molar-refractivity contribution in [2.45, 2.75) is 52.4 Å². The number of hydrogen-bond donors (Lipinski definition) is 0. The van der Waals surface area contributed by atoms with Crippen LogP contribution in [0.1, 0.15) is 61.1 Å². The lowest BCUT2D eigenvalue weighted by molar-refractivity contribution is 0.465. The van der Waals surface area contributed by atoms with E-state index in [1.165, 1.54) is 89.1 Å². The van der Waals surface area contributed by atoms with Gasteiger partial charge in [0.05, 0.1) is 17.1 Å². The van der Waals surface area contributed by atoms with Gasteiger partial charge in [-0.2, -0.15) is 0 Å². The Morgan fingerprint density at radius 1 is 0.362 bits per heavy atom. The van der Waals surface area contributed by atoms with Gasteiger partial charge < -0.3 is 9.64 Å². The second kappa shape index (κ2) is 12.4. The minimum Gasteiger partial charge on any atom is -0.453 e. The highest BCUT2D eigenvalue weighted by molar-refractivity contribution is 6.03. The van der Waals surface area contributed by atoms with E-state index >= 15 is 0 Å². The number of aryl methyl sites for hydroxylation is 2. The fourth-order valence-electron chi connectivity index (χ4n) is 10.2. The van der Waals surface area contributed by atoms with Crippen molar-refractivity contribution in [3.05, 3.63) is 197 Å². The number of nitrogens with zero attached hydrogens (tertiary/aromatic N) is 1. The molecular weight excluding hydrogens is 703 g/mol. The van der Waals surface area contributed by atoms with E-state index in [2.05, 4.69) is 210 Å². The zero-order chi connectivity index (χ0) is 39.5. The van der Waals surface area contributed by atoms with Gasteiger partial charge in [-0.3, -0.25) is 0 Å². The maximum absolute atomic E-state index is 7.36. The molecule has 3 aliphatic heterocycles. The molecule has 0 aromatic heterocycles. The standard InChI is InChI=1S/C56H45NO/c1-34-18-13-15-24-41(34)38-28-45-52-46(29-38)56(5,6)48-31-40(51-43(36-20-9-7-10-21-36)26-17-27-44(51)37-22-11-8-12-23-37)33-50-54(48)57(52)53-47(55(45,3)4)30-39(32-49(53)58-50)42-25-16-14-19-35(42)2/h7-33H,1-6H3. The Bertz CT molecular complexity index is 2930. The average molecular weight is 748 g/mol. The summed E-state index contributed by atoms with van der Waals surface area (Å²) in [5, 5.41) is 0. The fourth-order valence-corrected chi connectivity index (χ4v) is 10.2. The predicted molar refractivity (Wildman–Crippen MR) is 242 cm³/mol. The van der Waals surface area contributed by atoms with Crippen LogP contribution in [-0.2, 0) is 10.8 Å². The van der Waals surface area contributed by atoms with E-state index in [0.29, 0.717) is 0 Å². The molecule has 0 unspecified atom stereocenters. The number of rotatable bonds is 5. The summed E-state index contributed by atoms with van der Waals surface area (Å²) in [5.41, 5.74) is 22.8. The first-order chi connectivity index (χ1) is 28.1. The van der Waals surface area contributed by atoms with Gasteiger partial charge >= 0.3 is 0 Å². The second-order valence-corrected chi connectivity index (χ2v) is 17.4. The summed E-state index contributed by atoms with van der Waals surface area (Å²) in [6.45, 7) is 14.1. The molecule has 2 nitrogen and oxygen atoms in total. The third-order valence-corrected chi connectivity index (χ3v) is 13.3. The van der Waals surface area contributed by atoms with Crippen LogP contribution in [0.3, 0.4) is 0 Å². The van der Waals surface area contributed by atoms with Crippen molar-refractivity contribution >= 4 is 17.1 Å². The molecule has 0 amide bonds. The zero-order valence-corrected chi connectivity index (χ0v) is 33.9. The van der Waals surface area contributed by atoms with Gasteiger partial charge in [0.25, 0.3) is 0 Å². The van der Waals surface area contributed by atoms with E-state index in [0.717, 1.165) is 28.4 Å². The summed E-state index contributed by atoms with van der Waals surface area (Å²) in [7, 11) is 0. The summed E-state index contributed by atoms with van der Waals surface area (Å²) in [6.07, 6.45) is 0. The van der Waals surface area contributed by atoms with Crippen LogP contribution < -0.4 is 9.64 Å². The first kappa shape index (κ1) is 34.6. The van der Waals surface area contributed by atoms with E-state index in [1.54, 1.807) is 0 Å². The van der Waals surface area contributed by atoms with Crippen LogP contribution in [0.4, 0.5) is 17.1 Å². The molecule has 3 heterocycles. The van der Waals surface area contributed by atoms with E-state index in [1.807, 2.05) is 0 Å². The maximum Gasteiger partial charge on any atom is 0.152 e. The van der Waals surface area contributed by atoms with E-state index in [4.69, 9.17) is 4.74 Å². The Hall–Kier alpha value is -6.64. The fraction of sp³-hybridized carbons (Fsp3) is 0.143. The van der Waals surface area contributed by atoms with Crippen LogP contribution in [0.15, 0.2) is 164 Å². The molecular formula is C56H45NO. The van der Waals surface area contributed by atoms with E-state index in [-0.39, 0.29) is 10.8 Å². The lowest BCUT2D eigenvalue weighted by Crippen LogP contribution is -2.39. The number of ether oxygens (including phenoxy) is 1. The molecule has 0 spiro atoms. The first-order valence-corrected chi connectivity index (χ1v) is 20.5. The Balaban J connectivity index is 1.25. The van der Waals surface area contributed by atoms with Crippen molar-refractivity contribution in [3.63, 3.8) is 0 Å². The summed E-state index contributed by atoms with van der Waals surface area (Å²) in [4.78, 5) is 2.58. The smallest absolute Gasteiger partial charge is 0.152 e. The number of hydrogen-bond acceptors (Lipinski definition) is 2. The maximum atomic E-state index is 7.36. The van der Waals surface area contributed by atoms with Gasteiger partial charge in [-0.05, 0) is 139 Å². The predicted octanol–water partition coefficient (Wildman–Crippen LogP) is 15.5. The minimum absolute atomic E-state index is 0.310. The number of anilines is 3. The van der Waals surface area contributed by atoms with Crippen LogP contribution in [0.25, 0.3) is 55.6 Å². The lowest BCUT2D eigenvalue weighted by Gasteiger charge is -2.52. The Kier molecular flexibility index (Phi) is 7.41. The molecule has 0 saturated carbocycles. The quantitative estimate of drug-likeness (QED) is 0.174. The Morgan fingerprint density at radius 3 is 1.22 bits per heavy atom. The van der Waals surface area contributed by atoms with Crippen molar-refractivity contribution < 1.29 is 4.74 Å². The molecule has 0 bridgehead atoms. The van der Waals surface area contributed by atoms with Crippen LogP contribution in [0.2, 0.25) is 0 Å². The molecule has 11 rings (SSSR count). The van der Waals surface area contributed by atoms with Gasteiger partial charge in [-0.25, -0.2) is 0 Å². The summed E-state index contributed by atoms with van der Waals surface area (Å²) in [6, 6.07) is 60.4. The molecule has 0 atom stereocenters. The highest BCUT2D eigenvalue weighted by atomic mass is 16.5. The molecule has 280 valence electrons. The molecule has 3 aliphatic rings. The second-order valence-electron chi connectivity index (χ2n) is 17.4. The van der Waals surface area contributed by atoms with Crippen LogP contribution in [0.5, 0.6) is 11.5 Å². The van der Waals surface area contributed by atoms with Crippen molar-refractivity contribution in [2.75, 3.05) is 4.90 Å². The highest BCUT2D eigenvalue weighted by Gasteiger charge is 2.50. The molecule has 58 heavy (non-hydrogen) atoms. The van der Waals surface area contributed by atoms with Crippen molar-refractivity contribution in [1.29, 1.82) is 0 Å². The minimum atomic E-state index is -0.358. The largest absolute Gasteiger partial charge is 0.453 e. The molecule has 0 aliphatic carbocycles. The van der Waals surface area contributed by atoms with Gasteiger partial charge in [0.2, 0.25) is 0 Å². The van der Waals surface area contributed by atoms with E-state index in [9.17, 15) is 0 Å². The van der Waals surface area contributed by atoms with E-state index < -0.39 is 0 Å². The van der Waals surface area contributed by atoms with Crippen LogP contribution in [-0.4, -0.2) is 0 Å². The van der Waals surface area contributed by atoms with Crippen molar-refractivity contribution in [1.82, 2.24) is 0 Å². The third kappa shape index (κ3) is 4.91. The third-order valence-electron chi connectivity index (χ3n) is 13.3. The van der Waals surface area contributed by atoms with Gasteiger partial charge in [-0.15, -0.1) is 0 Å². The van der Waals surface area contributed by atoms with Gasteiger partial charge in [0.1, 0.15) is 0 Å². The van der Waals surface area contributed by atoms with Gasteiger partial charge in [0.15, 0.2) is 11.5 Å². The molecule has 0 saturated heterocycles. The van der Waals surface area contributed by atoms with Crippen molar-refractivity contribution in [3.8, 4) is 67.1 Å².